The number of benzene rings is 1. The molecule has 1 aliphatic rings. The maximum absolute atomic E-state index is 13.3. The summed E-state index contributed by atoms with van der Waals surface area (Å²) in [5, 5.41) is 4.66. The zero-order valence-electron chi connectivity index (χ0n) is 12.4. The molecule has 1 atom stereocenters. The first-order chi connectivity index (χ1) is 10.1. The molecule has 1 aliphatic carbocycles. The molecule has 1 unspecified atom stereocenters. The van der Waals surface area contributed by atoms with Crippen LogP contribution in [0.2, 0.25) is 0 Å². The summed E-state index contributed by atoms with van der Waals surface area (Å²) in [6, 6.07) is 7.55. The molecule has 0 aliphatic heterocycles. The lowest BCUT2D eigenvalue weighted by Crippen LogP contribution is -2.14. The first kappa shape index (κ1) is 14.3. The van der Waals surface area contributed by atoms with Crippen LogP contribution in [0.1, 0.15) is 54.6 Å². The molecule has 2 aromatic rings. The quantitative estimate of drug-likeness (QED) is 0.932. The van der Waals surface area contributed by atoms with Crippen molar-refractivity contribution in [1.82, 2.24) is 9.78 Å². The fourth-order valence-corrected chi connectivity index (χ4v) is 3.10. The van der Waals surface area contributed by atoms with E-state index in [2.05, 4.69) is 22.0 Å². The Morgan fingerprint density at radius 2 is 2.10 bits per heavy atom. The molecule has 1 heterocycles. The highest BCUT2D eigenvalue weighted by molar-refractivity contribution is 5.27. The SMILES string of the molecule is Cc1cc(C(N)Cc2ccn(C3CCCC3)n2)ccc1F. The molecule has 0 saturated heterocycles. The van der Waals surface area contributed by atoms with Gasteiger partial charge in [0, 0.05) is 18.7 Å². The summed E-state index contributed by atoms with van der Waals surface area (Å²) in [7, 11) is 0. The van der Waals surface area contributed by atoms with E-state index in [1.165, 1.54) is 31.7 Å². The molecule has 4 heteroatoms. The van der Waals surface area contributed by atoms with Gasteiger partial charge in [-0.25, -0.2) is 4.39 Å². The van der Waals surface area contributed by atoms with Crippen LogP contribution in [-0.2, 0) is 6.42 Å². The van der Waals surface area contributed by atoms with E-state index in [4.69, 9.17) is 5.73 Å². The van der Waals surface area contributed by atoms with Gasteiger partial charge in [-0.05, 0) is 43.0 Å². The van der Waals surface area contributed by atoms with Crippen LogP contribution in [0.25, 0.3) is 0 Å². The summed E-state index contributed by atoms with van der Waals surface area (Å²) in [6.07, 6.45) is 7.80. The summed E-state index contributed by atoms with van der Waals surface area (Å²) in [5.74, 6) is -0.184. The molecule has 3 rings (SSSR count). The van der Waals surface area contributed by atoms with Crippen LogP contribution in [0.15, 0.2) is 30.5 Å². The number of rotatable bonds is 4. The highest BCUT2D eigenvalue weighted by Crippen LogP contribution is 2.29. The van der Waals surface area contributed by atoms with E-state index >= 15 is 0 Å². The second-order valence-electron chi connectivity index (χ2n) is 6.04. The number of hydrogen-bond donors (Lipinski definition) is 1. The summed E-state index contributed by atoms with van der Waals surface area (Å²) >= 11 is 0. The van der Waals surface area contributed by atoms with Gasteiger partial charge in [-0.15, -0.1) is 0 Å². The minimum absolute atomic E-state index is 0.142. The van der Waals surface area contributed by atoms with E-state index in [1.807, 2.05) is 6.07 Å². The molecule has 1 aromatic heterocycles. The van der Waals surface area contributed by atoms with E-state index in [-0.39, 0.29) is 11.9 Å². The second-order valence-corrected chi connectivity index (χ2v) is 6.04. The molecular formula is C17H22FN3. The van der Waals surface area contributed by atoms with Gasteiger partial charge in [0.25, 0.3) is 0 Å². The normalized spacial score (nSPS) is 17.3. The topological polar surface area (TPSA) is 43.8 Å². The minimum atomic E-state index is -0.184. The molecule has 0 spiro atoms. The molecule has 1 fully saturated rings. The van der Waals surface area contributed by atoms with Crippen molar-refractivity contribution in [1.29, 1.82) is 0 Å². The fourth-order valence-electron chi connectivity index (χ4n) is 3.10. The average Bonchev–Trinajstić information content (AvgIpc) is 3.12. The standard InChI is InChI=1S/C17H22FN3/c1-12-10-13(6-7-16(12)18)17(19)11-14-8-9-21(20-14)15-4-2-3-5-15/h6-10,15,17H,2-5,11,19H2,1H3. The van der Waals surface area contributed by atoms with Crippen LogP contribution in [-0.4, -0.2) is 9.78 Å². The van der Waals surface area contributed by atoms with Crippen LogP contribution in [0, 0.1) is 12.7 Å². The maximum atomic E-state index is 13.3. The third-order valence-corrected chi connectivity index (χ3v) is 4.40. The number of aryl methyl sites for hydroxylation is 1. The van der Waals surface area contributed by atoms with E-state index in [0.717, 1.165) is 11.3 Å². The van der Waals surface area contributed by atoms with Gasteiger partial charge in [0.2, 0.25) is 0 Å². The minimum Gasteiger partial charge on any atom is -0.324 e. The smallest absolute Gasteiger partial charge is 0.126 e. The maximum Gasteiger partial charge on any atom is 0.126 e. The predicted molar refractivity (Wildman–Crippen MR) is 81.5 cm³/mol. The Kier molecular flexibility index (Phi) is 4.06. The zero-order chi connectivity index (χ0) is 14.8. The van der Waals surface area contributed by atoms with Crippen molar-refractivity contribution in [2.75, 3.05) is 0 Å². The molecule has 112 valence electrons. The van der Waals surface area contributed by atoms with Crippen LogP contribution in [0.4, 0.5) is 4.39 Å². The molecule has 1 saturated carbocycles. The third-order valence-electron chi connectivity index (χ3n) is 4.40. The van der Waals surface area contributed by atoms with Crippen molar-refractivity contribution in [3.05, 3.63) is 53.1 Å². The van der Waals surface area contributed by atoms with Gasteiger partial charge in [-0.3, -0.25) is 4.68 Å². The summed E-state index contributed by atoms with van der Waals surface area (Å²) in [6.45, 7) is 1.76. The van der Waals surface area contributed by atoms with Gasteiger partial charge in [-0.2, -0.15) is 5.10 Å². The van der Waals surface area contributed by atoms with E-state index < -0.39 is 0 Å². The average molecular weight is 287 g/mol. The Hall–Kier alpha value is -1.68. The van der Waals surface area contributed by atoms with Crippen molar-refractivity contribution in [3.8, 4) is 0 Å². The fraction of sp³-hybridized carbons (Fsp3) is 0.471. The number of nitrogens with zero attached hydrogens (tertiary/aromatic N) is 2. The van der Waals surface area contributed by atoms with Crippen molar-refractivity contribution in [2.45, 2.75) is 51.1 Å². The number of hydrogen-bond acceptors (Lipinski definition) is 2. The Labute approximate surface area is 125 Å². The van der Waals surface area contributed by atoms with Crippen molar-refractivity contribution < 1.29 is 4.39 Å². The molecule has 0 bridgehead atoms. The molecule has 0 radical (unpaired) electrons. The van der Waals surface area contributed by atoms with Gasteiger partial charge in [0.1, 0.15) is 5.82 Å². The Bertz CT molecular complexity index is 614. The first-order valence-corrected chi connectivity index (χ1v) is 7.69. The Morgan fingerprint density at radius 3 is 2.81 bits per heavy atom. The van der Waals surface area contributed by atoms with Gasteiger partial charge < -0.3 is 5.73 Å². The van der Waals surface area contributed by atoms with Gasteiger partial charge >= 0.3 is 0 Å². The van der Waals surface area contributed by atoms with Crippen LogP contribution in [0.5, 0.6) is 0 Å². The largest absolute Gasteiger partial charge is 0.324 e. The summed E-state index contributed by atoms with van der Waals surface area (Å²) in [4.78, 5) is 0. The molecule has 3 nitrogen and oxygen atoms in total. The monoisotopic (exact) mass is 287 g/mol. The lowest BCUT2D eigenvalue weighted by molar-refractivity contribution is 0.461. The number of aromatic nitrogens is 2. The first-order valence-electron chi connectivity index (χ1n) is 7.69. The van der Waals surface area contributed by atoms with Crippen LogP contribution >= 0.6 is 0 Å². The van der Waals surface area contributed by atoms with Gasteiger partial charge in [0.15, 0.2) is 0 Å². The van der Waals surface area contributed by atoms with Crippen molar-refractivity contribution in [2.24, 2.45) is 5.73 Å². The Morgan fingerprint density at radius 1 is 1.33 bits per heavy atom. The molecule has 1 aromatic carbocycles. The molecule has 0 amide bonds. The number of halogens is 1. The summed E-state index contributed by atoms with van der Waals surface area (Å²) < 4.78 is 15.4. The van der Waals surface area contributed by atoms with Crippen molar-refractivity contribution >= 4 is 0 Å². The lowest BCUT2D eigenvalue weighted by Gasteiger charge is -2.12. The predicted octanol–water partition coefficient (Wildman–Crippen LogP) is 3.69. The van der Waals surface area contributed by atoms with E-state index in [1.54, 1.807) is 13.0 Å². The number of nitrogens with two attached hydrogens (primary N) is 1. The van der Waals surface area contributed by atoms with Gasteiger partial charge in [0.05, 0.1) is 11.7 Å². The van der Waals surface area contributed by atoms with E-state index in [0.29, 0.717) is 18.0 Å². The second kappa shape index (κ2) is 5.98. The third kappa shape index (κ3) is 3.16. The van der Waals surface area contributed by atoms with Crippen LogP contribution in [0.3, 0.4) is 0 Å². The zero-order valence-corrected chi connectivity index (χ0v) is 12.4. The summed E-state index contributed by atoms with van der Waals surface area (Å²) in [5.41, 5.74) is 8.85. The molecule has 2 N–H and O–H groups in total. The highest BCUT2D eigenvalue weighted by Gasteiger charge is 2.18. The van der Waals surface area contributed by atoms with Crippen LogP contribution < -0.4 is 5.73 Å². The lowest BCUT2D eigenvalue weighted by atomic mass is 10.0. The molecular weight excluding hydrogens is 265 g/mol. The van der Waals surface area contributed by atoms with Gasteiger partial charge in [-0.1, -0.05) is 25.0 Å². The Balaban J connectivity index is 1.69. The van der Waals surface area contributed by atoms with Crippen molar-refractivity contribution in [3.63, 3.8) is 0 Å². The van der Waals surface area contributed by atoms with E-state index in [9.17, 15) is 4.39 Å². The molecule has 21 heavy (non-hydrogen) atoms. The highest BCUT2D eigenvalue weighted by atomic mass is 19.1.